The van der Waals surface area contributed by atoms with E-state index in [1.54, 1.807) is 5.56 Å². The van der Waals surface area contributed by atoms with E-state index in [1.165, 1.54) is 44.2 Å². The summed E-state index contributed by atoms with van der Waals surface area (Å²) in [5, 5.41) is 3.57. The SMILES string of the molecule is CCNCC1CCCCCC1c1ccc2c(c1)CCO2. The molecule has 1 saturated carbocycles. The van der Waals surface area contributed by atoms with Gasteiger partial charge in [-0.25, -0.2) is 0 Å². The molecule has 2 atom stereocenters. The first-order chi connectivity index (χ1) is 9.88. The summed E-state index contributed by atoms with van der Waals surface area (Å²) in [7, 11) is 0. The van der Waals surface area contributed by atoms with E-state index in [1.807, 2.05) is 0 Å². The smallest absolute Gasteiger partial charge is 0.122 e. The van der Waals surface area contributed by atoms with Crippen LogP contribution in [0.1, 0.15) is 56.1 Å². The highest BCUT2D eigenvalue weighted by molar-refractivity contribution is 5.41. The van der Waals surface area contributed by atoms with Gasteiger partial charge in [0.05, 0.1) is 6.61 Å². The lowest BCUT2D eigenvalue weighted by Gasteiger charge is -2.26. The van der Waals surface area contributed by atoms with Gasteiger partial charge in [-0.3, -0.25) is 0 Å². The molecule has 0 aromatic heterocycles. The average molecular weight is 273 g/mol. The summed E-state index contributed by atoms with van der Waals surface area (Å²) >= 11 is 0. The maximum atomic E-state index is 5.64. The van der Waals surface area contributed by atoms with Gasteiger partial charge in [-0.05, 0) is 55.0 Å². The second kappa shape index (κ2) is 6.62. The van der Waals surface area contributed by atoms with Crippen LogP contribution in [0.25, 0.3) is 0 Å². The first-order valence-electron chi connectivity index (χ1n) is 8.35. The molecule has 0 amide bonds. The van der Waals surface area contributed by atoms with Crippen LogP contribution in [0.2, 0.25) is 0 Å². The number of rotatable bonds is 4. The summed E-state index contributed by atoms with van der Waals surface area (Å²) in [6.45, 7) is 5.33. The van der Waals surface area contributed by atoms with E-state index in [-0.39, 0.29) is 0 Å². The van der Waals surface area contributed by atoms with Gasteiger partial charge in [0.2, 0.25) is 0 Å². The number of benzene rings is 1. The van der Waals surface area contributed by atoms with Gasteiger partial charge in [0.15, 0.2) is 0 Å². The van der Waals surface area contributed by atoms with Crippen molar-refractivity contribution in [1.29, 1.82) is 0 Å². The third-order valence-electron chi connectivity index (χ3n) is 4.96. The highest BCUT2D eigenvalue weighted by Crippen LogP contribution is 2.38. The Hall–Kier alpha value is -1.02. The Balaban J connectivity index is 1.80. The van der Waals surface area contributed by atoms with Gasteiger partial charge in [-0.1, -0.05) is 38.3 Å². The Morgan fingerprint density at radius 1 is 1.20 bits per heavy atom. The van der Waals surface area contributed by atoms with Crippen LogP contribution in [-0.2, 0) is 6.42 Å². The van der Waals surface area contributed by atoms with Crippen molar-refractivity contribution < 1.29 is 4.74 Å². The Kier molecular flexibility index (Phi) is 4.62. The average Bonchev–Trinajstić information content (AvgIpc) is 2.82. The summed E-state index contributed by atoms with van der Waals surface area (Å²) in [5.41, 5.74) is 2.98. The van der Waals surface area contributed by atoms with E-state index >= 15 is 0 Å². The molecule has 0 spiro atoms. The van der Waals surface area contributed by atoms with Crippen LogP contribution in [0.4, 0.5) is 0 Å². The van der Waals surface area contributed by atoms with Gasteiger partial charge in [0.25, 0.3) is 0 Å². The van der Waals surface area contributed by atoms with E-state index in [4.69, 9.17) is 4.74 Å². The molecule has 1 N–H and O–H groups in total. The van der Waals surface area contributed by atoms with Crippen LogP contribution < -0.4 is 10.1 Å². The first kappa shape index (κ1) is 13.9. The van der Waals surface area contributed by atoms with Crippen LogP contribution in [0.3, 0.4) is 0 Å². The van der Waals surface area contributed by atoms with Crippen molar-refractivity contribution in [3.8, 4) is 5.75 Å². The topological polar surface area (TPSA) is 21.3 Å². The number of nitrogens with one attached hydrogen (secondary N) is 1. The van der Waals surface area contributed by atoms with Gasteiger partial charge in [-0.15, -0.1) is 0 Å². The Morgan fingerprint density at radius 2 is 2.10 bits per heavy atom. The van der Waals surface area contributed by atoms with Crippen LogP contribution in [0.15, 0.2) is 18.2 Å². The van der Waals surface area contributed by atoms with E-state index < -0.39 is 0 Å². The predicted molar refractivity (Wildman–Crippen MR) is 83.5 cm³/mol. The summed E-state index contributed by atoms with van der Waals surface area (Å²) in [5.74, 6) is 2.66. The van der Waals surface area contributed by atoms with Gasteiger partial charge in [0, 0.05) is 6.42 Å². The van der Waals surface area contributed by atoms with Crippen molar-refractivity contribution in [1.82, 2.24) is 5.32 Å². The molecule has 2 heteroatoms. The molecule has 20 heavy (non-hydrogen) atoms. The number of hydrogen-bond donors (Lipinski definition) is 1. The quantitative estimate of drug-likeness (QED) is 0.840. The zero-order valence-electron chi connectivity index (χ0n) is 12.7. The molecule has 0 bridgehead atoms. The third kappa shape index (κ3) is 3.01. The molecule has 2 unspecified atom stereocenters. The monoisotopic (exact) mass is 273 g/mol. The lowest BCUT2D eigenvalue weighted by molar-refractivity contribution is 0.356. The second-order valence-electron chi connectivity index (χ2n) is 6.28. The zero-order chi connectivity index (χ0) is 13.8. The minimum Gasteiger partial charge on any atom is -0.493 e. The fourth-order valence-corrected chi connectivity index (χ4v) is 3.83. The van der Waals surface area contributed by atoms with Crippen molar-refractivity contribution in [3.05, 3.63) is 29.3 Å². The maximum Gasteiger partial charge on any atom is 0.122 e. The molecular weight excluding hydrogens is 246 g/mol. The van der Waals surface area contributed by atoms with Gasteiger partial charge < -0.3 is 10.1 Å². The molecule has 1 aliphatic carbocycles. The van der Waals surface area contributed by atoms with Crippen molar-refractivity contribution >= 4 is 0 Å². The molecular formula is C18H27NO. The summed E-state index contributed by atoms with van der Waals surface area (Å²) in [4.78, 5) is 0. The minimum absolute atomic E-state index is 0.738. The highest BCUT2D eigenvalue weighted by Gasteiger charge is 2.26. The van der Waals surface area contributed by atoms with Crippen molar-refractivity contribution in [2.45, 2.75) is 51.4 Å². The third-order valence-corrected chi connectivity index (χ3v) is 4.96. The summed E-state index contributed by atoms with van der Waals surface area (Å²) in [6.07, 6.45) is 8.03. The Bertz CT molecular complexity index is 443. The van der Waals surface area contributed by atoms with Crippen LogP contribution in [0, 0.1) is 5.92 Å². The van der Waals surface area contributed by atoms with Gasteiger partial charge in [-0.2, -0.15) is 0 Å². The van der Waals surface area contributed by atoms with E-state index in [9.17, 15) is 0 Å². The molecule has 1 aromatic carbocycles. The lowest BCUT2D eigenvalue weighted by Crippen LogP contribution is -2.26. The van der Waals surface area contributed by atoms with E-state index in [0.717, 1.165) is 37.2 Å². The van der Waals surface area contributed by atoms with Crippen molar-refractivity contribution in [2.75, 3.05) is 19.7 Å². The normalized spacial score (nSPS) is 25.9. The molecule has 0 saturated heterocycles. The molecule has 3 rings (SSSR count). The maximum absolute atomic E-state index is 5.64. The van der Waals surface area contributed by atoms with Crippen LogP contribution in [0.5, 0.6) is 5.75 Å². The predicted octanol–water partition coefficient (Wildman–Crippen LogP) is 3.89. The zero-order valence-corrected chi connectivity index (χ0v) is 12.7. The molecule has 1 aromatic rings. The fraction of sp³-hybridized carbons (Fsp3) is 0.667. The minimum atomic E-state index is 0.738. The summed E-state index contributed by atoms with van der Waals surface area (Å²) in [6, 6.07) is 6.95. The van der Waals surface area contributed by atoms with Crippen molar-refractivity contribution in [3.63, 3.8) is 0 Å². The molecule has 1 fully saturated rings. The first-order valence-corrected chi connectivity index (χ1v) is 8.35. The Morgan fingerprint density at radius 3 is 3.00 bits per heavy atom. The largest absolute Gasteiger partial charge is 0.493 e. The molecule has 1 heterocycles. The molecule has 0 radical (unpaired) electrons. The van der Waals surface area contributed by atoms with E-state index in [0.29, 0.717) is 0 Å². The molecule has 110 valence electrons. The van der Waals surface area contributed by atoms with Crippen molar-refractivity contribution in [2.24, 2.45) is 5.92 Å². The highest BCUT2D eigenvalue weighted by atomic mass is 16.5. The van der Waals surface area contributed by atoms with E-state index in [2.05, 4.69) is 30.4 Å². The van der Waals surface area contributed by atoms with Crippen LogP contribution in [-0.4, -0.2) is 19.7 Å². The molecule has 2 aliphatic rings. The Labute approximate surface area is 122 Å². The molecule has 1 aliphatic heterocycles. The van der Waals surface area contributed by atoms with Gasteiger partial charge >= 0.3 is 0 Å². The van der Waals surface area contributed by atoms with Crippen LogP contribution >= 0.6 is 0 Å². The number of hydrogen-bond acceptors (Lipinski definition) is 2. The fourth-order valence-electron chi connectivity index (χ4n) is 3.83. The second-order valence-corrected chi connectivity index (χ2v) is 6.28. The number of ether oxygens (including phenoxy) is 1. The van der Waals surface area contributed by atoms with Gasteiger partial charge in [0.1, 0.15) is 5.75 Å². The molecule has 2 nitrogen and oxygen atoms in total. The summed E-state index contributed by atoms with van der Waals surface area (Å²) < 4.78 is 5.64. The lowest BCUT2D eigenvalue weighted by atomic mass is 9.81. The standard InChI is InChI=1S/C18H27NO/c1-2-19-13-16-6-4-3-5-7-17(16)14-8-9-18-15(12-14)10-11-20-18/h8-9,12,16-17,19H,2-7,10-11,13H2,1H3. The number of fused-ring (bicyclic) bond motifs is 1.